The molecular weight excluding hydrogens is 126 g/mol. The predicted octanol–water partition coefficient (Wildman–Crippen LogP) is 0.773. The number of rotatable bonds is 1. The molecule has 1 saturated heterocycles. The van der Waals surface area contributed by atoms with Gasteiger partial charge in [0.1, 0.15) is 0 Å². The SMILES string of the molecule is COC1CC2CNC(C2)C1. The molecule has 2 fully saturated rings. The minimum atomic E-state index is 0.541. The molecule has 0 spiro atoms. The van der Waals surface area contributed by atoms with E-state index in [4.69, 9.17) is 4.74 Å². The first-order chi connectivity index (χ1) is 4.88. The number of methoxy groups -OCH3 is 1. The van der Waals surface area contributed by atoms with Crippen molar-refractivity contribution in [2.45, 2.75) is 31.4 Å². The molecule has 10 heavy (non-hydrogen) atoms. The van der Waals surface area contributed by atoms with Gasteiger partial charge in [0.25, 0.3) is 0 Å². The van der Waals surface area contributed by atoms with E-state index in [1.54, 1.807) is 0 Å². The van der Waals surface area contributed by atoms with E-state index in [9.17, 15) is 0 Å². The predicted molar refractivity (Wildman–Crippen MR) is 39.9 cm³/mol. The first kappa shape index (κ1) is 6.62. The van der Waals surface area contributed by atoms with Gasteiger partial charge in [-0.3, -0.25) is 0 Å². The highest BCUT2D eigenvalue weighted by molar-refractivity contribution is 4.90. The summed E-state index contributed by atoms with van der Waals surface area (Å²) in [5, 5.41) is 3.50. The summed E-state index contributed by atoms with van der Waals surface area (Å²) in [6, 6.07) is 0.767. The van der Waals surface area contributed by atoms with Crippen LogP contribution in [-0.2, 0) is 4.74 Å². The Morgan fingerprint density at radius 2 is 2.20 bits per heavy atom. The Morgan fingerprint density at radius 1 is 1.30 bits per heavy atom. The molecule has 1 aliphatic heterocycles. The highest BCUT2D eigenvalue weighted by Gasteiger charge is 2.33. The van der Waals surface area contributed by atoms with Crippen LogP contribution in [0.4, 0.5) is 0 Å². The molecule has 3 atom stereocenters. The Labute approximate surface area is 61.9 Å². The maximum absolute atomic E-state index is 5.33. The van der Waals surface area contributed by atoms with Gasteiger partial charge in [0.15, 0.2) is 0 Å². The van der Waals surface area contributed by atoms with Gasteiger partial charge < -0.3 is 10.1 Å². The molecule has 2 rings (SSSR count). The van der Waals surface area contributed by atoms with Gasteiger partial charge >= 0.3 is 0 Å². The van der Waals surface area contributed by atoms with Crippen LogP contribution in [0.25, 0.3) is 0 Å². The van der Waals surface area contributed by atoms with Crippen LogP contribution in [0, 0.1) is 5.92 Å². The molecule has 0 radical (unpaired) electrons. The summed E-state index contributed by atoms with van der Waals surface area (Å²) in [6.07, 6.45) is 4.44. The second-order valence-corrected chi connectivity index (χ2v) is 3.54. The molecule has 0 amide bonds. The third-order valence-electron chi connectivity index (χ3n) is 2.79. The van der Waals surface area contributed by atoms with E-state index in [2.05, 4.69) is 5.32 Å². The monoisotopic (exact) mass is 141 g/mol. The van der Waals surface area contributed by atoms with Crippen LogP contribution in [-0.4, -0.2) is 25.8 Å². The fourth-order valence-electron chi connectivity index (χ4n) is 2.24. The van der Waals surface area contributed by atoms with Crippen LogP contribution in [0.2, 0.25) is 0 Å². The highest BCUT2D eigenvalue weighted by Crippen LogP contribution is 2.30. The standard InChI is InChI=1S/C8H15NO/c1-10-8-3-6-2-7(4-8)9-5-6/h6-9H,2-5H2,1H3. The largest absolute Gasteiger partial charge is 0.381 e. The van der Waals surface area contributed by atoms with Crippen LogP contribution >= 0.6 is 0 Å². The molecule has 58 valence electrons. The molecule has 3 unspecified atom stereocenters. The summed E-state index contributed by atoms with van der Waals surface area (Å²) < 4.78 is 5.33. The Balaban J connectivity index is 1.96. The first-order valence-corrected chi connectivity index (χ1v) is 4.14. The average Bonchev–Trinajstić information content (AvgIpc) is 2.30. The Bertz CT molecular complexity index is 114. The van der Waals surface area contributed by atoms with Gasteiger partial charge in [0, 0.05) is 13.2 Å². The van der Waals surface area contributed by atoms with Gasteiger partial charge in [-0.25, -0.2) is 0 Å². The van der Waals surface area contributed by atoms with Gasteiger partial charge in [0.2, 0.25) is 0 Å². The van der Waals surface area contributed by atoms with Crippen molar-refractivity contribution in [1.82, 2.24) is 5.32 Å². The van der Waals surface area contributed by atoms with Crippen LogP contribution in [0.5, 0.6) is 0 Å². The number of fused-ring (bicyclic) bond motifs is 2. The van der Waals surface area contributed by atoms with Gasteiger partial charge in [-0.1, -0.05) is 0 Å². The summed E-state index contributed by atoms with van der Waals surface area (Å²) >= 11 is 0. The van der Waals surface area contributed by atoms with E-state index in [1.165, 1.54) is 25.8 Å². The minimum absolute atomic E-state index is 0.541. The van der Waals surface area contributed by atoms with Crippen molar-refractivity contribution in [3.8, 4) is 0 Å². The van der Waals surface area contributed by atoms with E-state index in [-0.39, 0.29) is 0 Å². The van der Waals surface area contributed by atoms with Gasteiger partial charge in [-0.2, -0.15) is 0 Å². The first-order valence-electron chi connectivity index (χ1n) is 4.14. The number of hydrogen-bond donors (Lipinski definition) is 1. The molecule has 1 saturated carbocycles. The molecule has 0 aromatic carbocycles. The van der Waals surface area contributed by atoms with Crippen molar-refractivity contribution in [2.75, 3.05) is 13.7 Å². The topological polar surface area (TPSA) is 21.3 Å². The third kappa shape index (κ3) is 1.06. The van der Waals surface area contributed by atoms with E-state index >= 15 is 0 Å². The second-order valence-electron chi connectivity index (χ2n) is 3.54. The van der Waals surface area contributed by atoms with E-state index in [0.717, 1.165) is 12.0 Å². The zero-order valence-corrected chi connectivity index (χ0v) is 6.47. The maximum Gasteiger partial charge on any atom is 0.0589 e. The fourth-order valence-corrected chi connectivity index (χ4v) is 2.24. The van der Waals surface area contributed by atoms with Gasteiger partial charge in [-0.15, -0.1) is 0 Å². The van der Waals surface area contributed by atoms with Crippen molar-refractivity contribution < 1.29 is 4.74 Å². The van der Waals surface area contributed by atoms with Crippen molar-refractivity contribution in [2.24, 2.45) is 5.92 Å². The molecule has 1 aliphatic carbocycles. The summed E-state index contributed by atoms with van der Waals surface area (Å²) in [6.45, 7) is 1.23. The van der Waals surface area contributed by atoms with Crippen LogP contribution in [0.3, 0.4) is 0 Å². The van der Waals surface area contributed by atoms with Crippen molar-refractivity contribution in [1.29, 1.82) is 0 Å². The summed E-state index contributed by atoms with van der Waals surface area (Å²) in [5.74, 6) is 0.906. The minimum Gasteiger partial charge on any atom is -0.381 e. The Kier molecular flexibility index (Phi) is 1.66. The zero-order chi connectivity index (χ0) is 6.97. The Hall–Kier alpha value is -0.0800. The van der Waals surface area contributed by atoms with E-state index < -0.39 is 0 Å². The highest BCUT2D eigenvalue weighted by atomic mass is 16.5. The second kappa shape index (κ2) is 2.51. The molecule has 2 aliphatic rings. The Morgan fingerprint density at radius 3 is 2.90 bits per heavy atom. The van der Waals surface area contributed by atoms with Crippen molar-refractivity contribution in [3.05, 3.63) is 0 Å². The molecule has 2 heteroatoms. The van der Waals surface area contributed by atoms with Crippen LogP contribution < -0.4 is 5.32 Å². The molecule has 2 bridgehead atoms. The lowest BCUT2D eigenvalue weighted by Gasteiger charge is -2.25. The molecule has 0 aromatic rings. The number of nitrogens with one attached hydrogen (secondary N) is 1. The lowest BCUT2D eigenvalue weighted by molar-refractivity contribution is 0.0576. The van der Waals surface area contributed by atoms with Crippen molar-refractivity contribution in [3.63, 3.8) is 0 Å². The van der Waals surface area contributed by atoms with Crippen LogP contribution in [0.15, 0.2) is 0 Å². The fraction of sp³-hybridized carbons (Fsp3) is 1.00. The van der Waals surface area contributed by atoms with E-state index in [0.29, 0.717) is 6.10 Å². The number of ether oxygens (including phenoxy) is 1. The normalized spacial score (nSPS) is 45.9. The smallest absolute Gasteiger partial charge is 0.0589 e. The molecule has 0 aromatic heterocycles. The lowest BCUT2D eigenvalue weighted by atomic mass is 9.88. The molecule has 1 heterocycles. The van der Waals surface area contributed by atoms with Gasteiger partial charge in [-0.05, 0) is 31.7 Å². The number of hydrogen-bond acceptors (Lipinski definition) is 2. The lowest BCUT2D eigenvalue weighted by Crippen LogP contribution is -2.28. The molecule has 2 nitrogen and oxygen atoms in total. The zero-order valence-electron chi connectivity index (χ0n) is 6.47. The van der Waals surface area contributed by atoms with Gasteiger partial charge in [0.05, 0.1) is 6.10 Å². The van der Waals surface area contributed by atoms with E-state index in [1.807, 2.05) is 7.11 Å². The summed E-state index contributed by atoms with van der Waals surface area (Å²) in [5.41, 5.74) is 0. The molecule has 1 N–H and O–H groups in total. The van der Waals surface area contributed by atoms with Crippen molar-refractivity contribution >= 4 is 0 Å². The van der Waals surface area contributed by atoms with Crippen LogP contribution in [0.1, 0.15) is 19.3 Å². The summed E-state index contributed by atoms with van der Waals surface area (Å²) in [7, 11) is 1.83. The summed E-state index contributed by atoms with van der Waals surface area (Å²) in [4.78, 5) is 0. The maximum atomic E-state index is 5.33. The average molecular weight is 141 g/mol. The quantitative estimate of drug-likeness (QED) is 0.582. The third-order valence-corrected chi connectivity index (χ3v) is 2.79. The molecular formula is C8H15NO.